The van der Waals surface area contributed by atoms with Crippen molar-refractivity contribution in [3.8, 4) is 28.3 Å². The van der Waals surface area contributed by atoms with Gasteiger partial charge in [0.1, 0.15) is 5.69 Å². The van der Waals surface area contributed by atoms with Crippen LogP contribution in [0.5, 0.6) is 0 Å². The van der Waals surface area contributed by atoms with Gasteiger partial charge in [-0.05, 0) is 31.9 Å². The SMILES string of the molecule is CC1CCC(c2nc(-c3ccccc3)c(-c3ccccc3)o2)CN1C(=O)c1ccccc1-n1nccn1. The van der Waals surface area contributed by atoms with Crippen molar-refractivity contribution in [2.24, 2.45) is 0 Å². The molecular weight excluding hydrogens is 462 g/mol. The van der Waals surface area contributed by atoms with Gasteiger partial charge in [-0.3, -0.25) is 4.79 Å². The highest BCUT2D eigenvalue weighted by molar-refractivity contribution is 5.98. The number of oxazole rings is 1. The largest absolute Gasteiger partial charge is 0.440 e. The smallest absolute Gasteiger partial charge is 0.256 e. The molecule has 1 saturated heterocycles. The molecule has 184 valence electrons. The molecule has 7 nitrogen and oxygen atoms in total. The van der Waals surface area contributed by atoms with E-state index in [1.54, 1.807) is 12.4 Å². The standard InChI is InChI=1S/C30H27N5O2/c1-21-16-17-24(20-34(21)30(36)25-14-8-9-15-26(25)35-31-18-19-32-35)29-33-27(22-10-4-2-5-11-22)28(37-29)23-12-6-3-7-13-23/h2-15,18-19,21,24H,16-17,20H2,1H3. The van der Waals surface area contributed by atoms with Gasteiger partial charge < -0.3 is 9.32 Å². The summed E-state index contributed by atoms with van der Waals surface area (Å²) in [5, 5.41) is 8.47. The van der Waals surface area contributed by atoms with Crippen LogP contribution < -0.4 is 0 Å². The number of likely N-dealkylation sites (tertiary alicyclic amines) is 1. The van der Waals surface area contributed by atoms with Crippen molar-refractivity contribution in [1.29, 1.82) is 0 Å². The molecule has 0 N–H and O–H groups in total. The molecular formula is C30H27N5O2. The quantitative estimate of drug-likeness (QED) is 0.303. The molecule has 0 spiro atoms. The molecule has 0 radical (unpaired) electrons. The predicted octanol–water partition coefficient (Wildman–Crippen LogP) is 6.00. The minimum Gasteiger partial charge on any atom is -0.440 e. The van der Waals surface area contributed by atoms with Crippen molar-refractivity contribution in [3.05, 3.63) is 109 Å². The van der Waals surface area contributed by atoms with Crippen LogP contribution in [0.25, 0.3) is 28.3 Å². The summed E-state index contributed by atoms with van der Waals surface area (Å²) in [5.41, 5.74) is 4.06. The third-order valence-electron chi connectivity index (χ3n) is 6.99. The number of aromatic nitrogens is 4. The summed E-state index contributed by atoms with van der Waals surface area (Å²) in [6, 6.07) is 27.7. The molecule has 1 aliphatic rings. The lowest BCUT2D eigenvalue weighted by Crippen LogP contribution is -2.45. The van der Waals surface area contributed by atoms with Gasteiger partial charge in [-0.2, -0.15) is 15.0 Å². The Morgan fingerprint density at radius 3 is 2.22 bits per heavy atom. The molecule has 1 fully saturated rings. The summed E-state index contributed by atoms with van der Waals surface area (Å²) in [7, 11) is 0. The van der Waals surface area contributed by atoms with E-state index < -0.39 is 0 Å². The molecule has 7 heteroatoms. The molecule has 1 amide bonds. The zero-order chi connectivity index (χ0) is 25.2. The second-order valence-corrected chi connectivity index (χ2v) is 9.38. The Balaban J connectivity index is 1.34. The number of rotatable bonds is 5. The fraction of sp³-hybridized carbons (Fsp3) is 0.200. The lowest BCUT2D eigenvalue weighted by atomic mass is 9.92. The van der Waals surface area contributed by atoms with Crippen LogP contribution >= 0.6 is 0 Å². The molecule has 2 aromatic heterocycles. The van der Waals surface area contributed by atoms with Crippen LogP contribution in [0, 0.1) is 0 Å². The van der Waals surface area contributed by atoms with Crippen molar-refractivity contribution in [1.82, 2.24) is 24.9 Å². The summed E-state index contributed by atoms with van der Waals surface area (Å²) in [6.07, 6.45) is 4.98. The third-order valence-corrected chi connectivity index (χ3v) is 6.99. The number of amides is 1. The van der Waals surface area contributed by atoms with Crippen molar-refractivity contribution in [2.75, 3.05) is 6.54 Å². The number of hydrogen-bond acceptors (Lipinski definition) is 5. The normalized spacial score (nSPS) is 17.6. The van der Waals surface area contributed by atoms with Gasteiger partial charge in [0, 0.05) is 23.7 Å². The van der Waals surface area contributed by atoms with Gasteiger partial charge in [0.25, 0.3) is 5.91 Å². The van der Waals surface area contributed by atoms with Gasteiger partial charge in [-0.15, -0.1) is 0 Å². The van der Waals surface area contributed by atoms with Gasteiger partial charge in [-0.25, -0.2) is 4.98 Å². The number of benzene rings is 3. The summed E-state index contributed by atoms with van der Waals surface area (Å²) in [4.78, 5) is 22.3. The molecule has 3 aromatic carbocycles. The van der Waals surface area contributed by atoms with E-state index in [0.717, 1.165) is 35.4 Å². The monoisotopic (exact) mass is 489 g/mol. The Labute approximate surface area is 215 Å². The number of hydrogen-bond donors (Lipinski definition) is 0. The second-order valence-electron chi connectivity index (χ2n) is 9.38. The van der Waals surface area contributed by atoms with Crippen LogP contribution in [0.2, 0.25) is 0 Å². The first kappa shape index (κ1) is 22.9. The van der Waals surface area contributed by atoms with E-state index in [9.17, 15) is 4.79 Å². The average molecular weight is 490 g/mol. The van der Waals surface area contributed by atoms with Crippen LogP contribution in [0.4, 0.5) is 0 Å². The van der Waals surface area contributed by atoms with Gasteiger partial charge in [0.2, 0.25) is 0 Å². The van der Waals surface area contributed by atoms with Gasteiger partial charge >= 0.3 is 0 Å². The lowest BCUT2D eigenvalue weighted by molar-refractivity contribution is 0.0597. The minimum atomic E-state index is -0.0387. The van der Waals surface area contributed by atoms with Crippen molar-refractivity contribution in [2.45, 2.75) is 31.7 Å². The highest BCUT2D eigenvalue weighted by Crippen LogP contribution is 2.38. The average Bonchev–Trinajstić information content (AvgIpc) is 3.65. The van der Waals surface area contributed by atoms with Crippen LogP contribution in [-0.4, -0.2) is 43.4 Å². The molecule has 0 saturated carbocycles. The van der Waals surface area contributed by atoms with Crippen molar-refractivity contribution in [3.63, 3.8) is 0 Å². The summed E-state index contributed by atoms with van der Waals surface area (Å²) >= 11 is 0. The zero-order valence-corrected chi connectivity index (χ0v) is 20.6. The molecule has 6 rings (SSSR count). The molecule has 3 heterocycles. The highest BCUT2D eigenvalue weighted by atomic mass is 16.4. The molecule has 2 unspecified atom stereocenters. The highest BCUT2D eigenvalue weighted by Gasteiger charge is 2.34. The Morgan fingerprint density at radius 1 is 0.838 bits per heavy atom. The van der Waals surface area contributed by atoms with E-state index in [0.29, 0.717) is 23.7 Å². The Kier molecular flexibility index (Phi) is 6.10. The van der Waals surface area contributed by atoms with Gasteiger partial charge in [0.05, 0.1) is 29.6 Å². The Morgan fingerprint density at radius 2 is 1.49 bits per heavy atom. The number of para-hydroxylation sites is 1. The fourth-order valence-electron chi connectivity index (χ4n) is 5.00. The number of piperidine rings is 1. The van der Waals surface area contributed by atoms with E-state index in [2.05, 4.69) is 17.1 Å². The van der Waals surface area contributed by atoms with E-state index in [4.69, 9.17) is 9.40 Å². The number of carbonyl (C=O) groups is 1. The number of carbonyl (C=O) groups excluding carboxylic acids is 1. The first-order valence-corrected chi connectivity index (χ1v) is 12.6. The maximum absolute atomic E-state index is 13.8. The summed E-state index contributed by atoms with van der Waals surface area (Å²) in [5.74, 6) is 1.39. The Hall–Kier alpha value is -4.52. The molecule has 0 bridgehead atoms. The minimum absolute atomic E-state index is 0.00457. The van der Waals surface area contributed by atoms with E-state index in [-0.39, 0.29) is 17.9 Å². The van der Waals surface area contributed by atoms with Crippen LogP contribution in [0.3, 0.4) is 0 Å². The summed E-state index contributed by atoms with van der Waals surface area (Å²) in [6.45, 7) is 2.63. The molecule has 37 heavy (non-hydrogen) atoms. The molecule has 1 aliphatic heterocycles. The maximum Gasteiger partial charge on any atom is 0.256 e. The molecule has 0 aliphatic carbocycles. The van der Waals surface area contributed by atoms with Crippen LogP contribution in [0.15, 0.2) is 102 Å². The first-order chi connectivity index (χ1) is 18.2. The van der Waals surface area contributed by atoms with Gasteiger partial charge in [0.15, 0.2) is 11.7 Å². The number of nitrogens with zero attached hydrogens (tertiary/aromatic N) is 5. The molecule has 5 aromatic rings. The topological polar surface area (TPSA) is 77.0 Å². The lowest BCUT2D eigenvalue weighted by Gasteiger charge is -2.37. The van der Waals surface area contributed by atoms with Crippen LogP contribution in [0.1, 0.15) is 41.9 Å². The van der Waals surface area contributed by atoms with Crippen LogP contribution in [-0.2, 0) is 0 Å². The maximum atomic E-state index is 13.8. The van der Waals surface area contributed by atoms with Gasteiger partial charge in [-0.1, -0.05) is 72.8 Å². The zero-order valence-electron chi connectivity index (χ0n) is 20.6. The van der Waals surface area contributed by atoms with Crippen molar-refractivity contribution < 1.29 is 9.21 Å². The molecule has 2 atom stereocenters. The Bertz CT molecular complexity index is 1440. The van der Waals surface area contributed by atoms with E-state index in [1.165, 1.54) is 4.80 Å². The predicted molar refractivity (Wildman–Crippen MR) is 141 cm³/mol. The summed E-state index contributed by atoms with van der Waals surface area (Å²) < 4.78 is 6.47. The second kappa shape index (κ2) is 9.85. The van der Waals surface area contributed by atoms with E-state index in [1.807, 2.05) is 89.8 Å². The fourth-order valence-corrected chi connectivity index (χ4v) is 5.00. The van der Waals surface area contributed by atoms with Crippen molar-refractivity contribution >= 4 is 5.91 Å². The van der Waals surface area contributed by atoms with E-state index >= 15 is 0 Å². The third kappa shape index (κ3) is 4.44. The first-order valence-electron chi connectivity index (χ1n) is 12.6.